The monoisotopic (exact) mass is 366 g/mol. The lowest BCUT2D eigenvalue weighted by atomic mass is 10.2. The number of hydrogen-bond acceptors (Lipinski definition) is 4. The number of methoxy groups -OCH3 is 1. The Morgan fingerprint density at radius 3 is 2.96 bits per heavy atom. The molecule has 4 aromatic rings. The number of nitrogens with one attached hydrogen (secondary N) is 1. The fourth-order valence-corrected chi connectivity index (χ4v) is 3.78. The molecule has 0 radical (unpaired) electrons. The molecule has 0 bridgehead atoms. The number of aromatic nitrogens is 1. The quantitative estimate of drug-likeness (QED) is 0.554. The van der Waals surface area contributed by atoms with Crippen LogP contribution in [-0.4, -0.2) is 17.6 Å². The molecule has 0 unspecified atom stereocenters. The number of ether oxygens (including phenoxy) is 1. The van der Waals surface area contributed by atoms with E-state index >= 15 is 0 Å². The minimum absolute atomic E-state index is 0.118. The molecule has 0 saturated carbocycles. The number of hydrogen-bond donors (Lipinski definition) is 1. The van der Waals surface area contributed by atoms with E-state index in [0.29, 0.717) is 18.8 Å². The van der Waals surface area contributed by atoms with Crippen LogP contribution in [0.15, 0.2) is 64.6 Å². The predicted octanol–water partition coefficient (Wildman–Crippen LogP) is 4.28. The minimum Gasteiger partial charge on any atom is -0.497 e. The van der Waals surface area contributed by atoms with E-state index in [9.17, 15) is 4.79 Å². The smallest absolute Gasteiger partial charge is 0.268 e. The van der Waals surface area contributed by atoms with Crippen molar-refractivity contribution in [2.75, 3.05) is 7.11 Å². The van der Waals surface area contributed by atoms with E-state index in [1.165, 1.54) is 0 Å². The molecular formula is C20H18N2O3S. The number of carbonyl (C=O) groups excluding carboxylic acids is 1. The van der Waals surface area contributed by atoms with Crippen LogP contribution in [0.2, 0.25) is 0 Å². The van der Waals surface area contributed by atoms with E-state index in [4.69, 9.17) is 9.15 Å². The van der Waals surface area contributed by atoms with Crippen molar-refractivity contribution in [1.29, 1.82) is 0 Å². The summed E-state index contributed by atoms with van der Waals surface area (Å²) in [4.78, 5) is 12.7. The van der Waals surface area contributed by atoms with Gasteiger partial charge in [0.2, 0.25) is 0 Å². The second-order valence-electron chi connectivity index (χ2n) is 5.90. The molecule has 0 saturated heterocycles. The lowest BCUT2D eigenvalue weighted by molar-refractivity contribution is 0.0939. The molecule has 5 nitrogen and oxygen atoms in total. The van der Waals surface area contributed by atoms with Gasteiger partial charge in [0.15, 0.2) is 0 Å². The largest absolute Gasteiger partial charge is 0.497 e. The van der Waals surface area contributed by atoms with Crippen LogP contribution >= 0.6 is 11.3 Å². The Morgan fingerprint density at radius 2 is 2.15 bits per heavy atom. The first-order valence-electron chi connectivity index (χ1n) is 8.25. The van der Waals surface area contributed by atoms with Crippen molar-refractivity contribution in [3.05, 3.63) is 77.2 Å². The Bertz CT molecular complexity index is 1030. The average Bonchev–Trinajstić information content (AvgIpc) is 3.39. The number of furan rings is 1. The summed E-state index contributed by atoms with van der Waals surface area (Å²) in [7, 11) is 1.65. The van der Waals surface area contributed by atoms with Gasteiger partial charge < -0.3 is 19.0 Å². The maximum absolute atomic E-state index is 12.7. The lowest BCUT2D eigenvalue weighted by Gasteiger charge is -2.11. The maximum Gasteiger partial charge on any atom is 0.268 e. The average molecular weight is 366 g/mol. The van der Waals surface area contributed by atoms with Crippen LogP contribution in [0.5, 0.6) is 5.75 Å². The number of rotatable bonds is 6. The van der Waals surface area contributed by atoms with E-state index in [0.717, 1.165) is 27.3 Å². The molecule has 0 aliphatic heterocycles. The third-order valence-electron chi connectivity index (χ3n) is 4.23. The zero-order valence-corrected chi connectivity index (χ0v) is 15.1. The van der Waals surface area contributed by atoms with Gasteiger partial charge >= 0.3 is 0 Å². The SMILES string of the molecule is COc1cccc(Cn2c(C(=O)NCc3ccco3)cc3sccc32)c1. The highest BCUT2D eigenvalue weighted by Gasteiger charge is 2.17. The topological polar surface area (TPSA) is 56.4 Å². The highest BCUT2D eigenvalue weighted by Crippen LogP contribution is 2.27. The van der Waals surface area contributed by atoms with Gasteiger partial charge in [-0.25, -0.2) is 0 Å². The van der Waals surface area contributed by atoms with Gasteiger partial charge in [0.25, 0.3) is 5.91 Å². The summed E-state index contributed by atoms with van der Waals surface area (Å²) < 4.78 is 13.7. The molecule has 3 heterocycles. The standard InChI is InChI=1S/C20H18N2O3S/c1-24-15-5-2-4-14(10-15)13-22-17-7-9-26-19(17)11-18(22)20(23)21-12-16-6-3-8-25-16/h2-11H,12-13H2,1H3,(H,21,23). The van der Waals surface area contributed by atoms with E-state index in [1.807, 2.05) is 58.5 Å². The second-order valence-corrected chi connectivity index (χ2v) is 6.85. The summed E-state index contributed by atoms with van der Waals surface area (Å²) in [5, 5.41) is 4.97. The highest BCUT2D eigenvalue weighted by atomic mass is 32.1. The van der Waals surface area contributed by atoms with Crippen molar-refractivity contribution in [3.8, 4) is 5.75 Å². The van der Waals surface area contributed by atoms with E-state index in [-0.39, 0.29) is 5.91 Å². The van der Waals surface area contributed by atoms with Gasteiger partial charge in [0, 0.05) is 6.54 Å². The summed E-state index contributed by atoms with van der Waals surface area (Å²) in [6, 6.07) is 15.5. The van der Waals surface area contributed by atoms with Crippen molar-refractivity contribution in [2.45, 2.75) is 13.1 Å². The van der Waals surface area contributed by atoms with Crippen LogP contribution in [0.4, 0.5) is 0 Å². The van der Waals surface area contributed by atoms with E-state index < -0.39 is 0 Å². The third kappa shape index (κ3) is 3.23. The van der Waals surface area contributed by atoms with E-state index in [1.54, 1.807) is 24.7 Å². The molecule has 6 heteroatoms. The summed E-state index contributed by atoms with van der Waals surface area (Å²) in [6.45, 7) is 0.963. The molecule has 0 fully saturated rings. The van der Waals surface area contributed by atoms with Crippen LogP contribution < -0.4 is 10.1 Å². The Hall–Kier alpha value is -2.99. The van der Waals surface area contributed by atoms with Crippen LogP contribution in [0, 0.1) is 0 Å². The Balaban J connectivity index is 1.63. The van der Waals surface area contributed by atoms with E-state index in [2.05, 4.69) is 5.32 Å². The third-order valence-corrected chi connectivity index (χ3v) is 5.09. The minimum atomic E-state index is -0.118. The first kappa shape index (κ1) is 16.5. The van der Waals surface area contributed by atoms with Gasteiger partial charge in [0.1, 0.15) is 17.2 Å². The Morgan fingerprint density at radius 1 is 1.23 bits per heavy atom. The molecule has 0 spiro atoms. The van der Waals surface area contributed by atoms with Crippen LogP contribution in [0.25, 0.3) is 10.2 Å². The highest BCUT2D eigenvalue weighted by molar-refractivity contribution is 7.17. The molecule has 4 rings (SSSR count). The van der Waals surface area contributed by atoms with Gasteiger partial charge in [0.05, 0.1) is 30.1 Å². The molecule has 3 aromatic heterocycles. The van der Waals surface area contributed by atoms with Crippen molar-refractivity contribution < 1.29 is 13.9 Å². The molecule has 132 valence electrons. The van der Waals surface area contributed by atoms with Crippen LogP contribution in [0.1, 0.15) is 21.8 Å². The van der Waals surface area contributed by atoms with Gasteiger partial charge in [-0.15, -0.1) is 11.3 Å². The molecule has 1 N–H and O–H groups in total. The van der Waals surface area contributed by atoms with Crippen molar-refractivity contribution in [1.82, 2.24) is 9.88 Å². The van der Waals surface area contributed by atoms with Gasteiger partial charge in [-0.05, 0) is 47.3 Å². The molecule has 0 aliphatic carbocycles. The zero-order chi connectivity index (χ0) is 17.9. The number of carbonyl (C=O) groups is 1. The van der Waals surface area contributed by atoms with Gasteiger partial charge in [-0.3, -0.25) is 4.79 Å². The molecule has 0 aliphatic rings. The first-order valence-corrected chi connectivity index (χ1v) is 9.13. The zero-order valence-electron chi connectivity index (χ0n) is 14.3. The molecule has 1 amide bonds. The van der Waals surface area contributed by atoms with Crippen molar-refractivity contribution in [3.63, 3.8) is 0 Å². The Labute approximate surface area is 154 Å². The number of nitrogens with zero attached hydrogens (tertiary/aromatic N) is 1. The number of benzene rings is 1. The molecule has 0 atom stereocenters. The molecule has 26 heavy (non-hydrogen) atoms. The maximum atomic E-state index is 12.7. The summed E-state index contributed by atoms with van der Waals surface area (Å²) in [5.74, 6) is 1.42. The molecular weight excluding hydrogens is 348 g/mol. The fraction of sp³-hybridized carbons (Fsp3) is 0.150. The van der Waals surface area contributed by atoms with Crippen LogP contribution in [-0.2, 0) is 13.1 Å². The summed E-state index contributed by atoms with van der Waals surface area (Å²) in [5.41, 5.74) is 2.77. The Kier molecular flexibility index (Phi) is 4.50. The normalized spacial score (nSPS) is 11.0. The number of fused-ring (bicyclic) bond motifs is 1. The number of amides is 1. The van der Waals surface area contributed by atoms with Crippen molar-refractivity contribution >= 4 is 27.5 Å². The fourth-order valence-electron chi connectivity index (χ4n) is 2.96. The lowest BCUT2D eigenvalue weighted by Crippen LogP contribution is -2.25. The summed E-state index contributed by atoms with van der Waals surface area (Å²) >= 11 is 1.63. The van der Waals surface area contributed by atoms with Crippen LogP contribution in [0.3, 0.4) is 0 Å². The predicted molar refractivity (Wildman–Crippen MR) is 102 cm³/mol. The second kappa shape index (κ2) is 7.09. The van der Waals surface area contributed by atoms with Gasteiger partial charge in [-0.1, -0.05) is 12.1 Å². The van der Waals surface area contributed by atoms with Crippen molar-refractivity contribution in [2.24, 2.45) is 0 Å². The first-order chi connectivity index (χ1) is 12.7. The van der Waals surface area contributed by atoms with Gasteiger partial charge in [-0.2, -0.15) is 0 Å². The molecule has 1 aromatic carbocycles. The number of thiophene rings is 1. The summed E-state index contributed by atoms with van der Waals surface area (Å²) in [6.07, 6.45) is 1.60.